The molecule has 0 bridgehead atoms. The van der Waals surface area contributed by atoms with Crippen molar-refractivity contribution in [2.24, 2.45) is 16.7 Å². The van der Waals surface area contributed by atoms with Gasteiger partial charge < -0.3 is 15.4 Å². The van der Waals surface area contributed by atoms with Gasteiger partial charge in [-0.15, -0.1) is 0 Å². The predicted octanol–water partition coefficient (Wildman–Crippen LogP) is 2.27. The van der Waals surface area contributed by atoms with Crippen LogP contribution in [0.2, 0.25) is 0 Å². The number of nitrogens with one attached hydrogen (secondary N) is 2. The molecule has 0 aliphatic carbocycles. The van der Waals surface area contributed by atoms with Gasteiger partial charge in [-0.05, 0) is 37.3 Å². The second kappa shape index (κ2) is 6.88. The Labute approximate surface area is 113 Å². The highest BCUT2D eigenvalue weighted by Crippen LogP contribution is 2.29. The first-order chi connectivity index (χ1) is 8.42. The minimum Gasteiger partial charge on any atom is -0.384 e. The van der Waals surface area contributed by atoms with E-state index < -0.39 is 0 Å². The maximum Gasteiger partial charge on any atom is 0.0531 e. The number of methoxy groups -OCH3 is 1. The number of hydrogen-bond donors (Lipinski definition) is 2. The highest BCUT2D eigenvalue weighted by atomic mass is 16.5. The van der Waals surface area contributed by atoms with Gasteiger partial charge in [0, 0.05) is 25.6 Å². The highest BCUT2D eigenvalue weighted by Gasteiger charge is 2.32. The predicted molar refractivity (Wildman–Crippen MR) is 77.9 cm³/mol. The van der Waals surface area contributed by atoms with Crippen molar-refractivity contribution >= 4 is 0 Å². The molecular weight excluding hydrogens is 224 g/mol. The fourth-order valence-corrected chi connectivity index (χ4v) is 2.49. The number of rotatable bonds is 7. The molecule has 1 aliphatic heterocycles. The molecule has 3 nitrogen and oxygen atoms in total. The standard InChI is InChI=1S/C15H32N2O/c1-13(2)14(3,4)10-17-11-15(12-18-5)6-8-16-9-7-15/h13,16-17H,6-12H2,1-5H3. The average molecular weight is 256 g/mol. The van der Waals surface area contributed by atoms with Crippen LogP contribution in [-0.2, 0) is 4.74 Å². The second-order valence-corrected chi connectivity index (χ2v) is 6.93. The van der Waals surface area contributed by atoms with Crippen LogP contribution in [-0.4, -0.2) is 39.9 Å². The minimum atomic E-state index is 0.340. The Balaban J connectivity index is 2.43. The zero-order valence-electron chi connectivity index (χ0n) is 12.9. The van der Waals surface area contributed by atoms with Crippen molar-refractivity contribution in [3.63, 3.8) is 0 Å². The van der Waals surface area contributed by atoms with Gasteiger partial charge in [-0.3, -0.25) is 0 Å². The lowest BCUT2D eigenvalue weighted by molar-refractivity contribution is 0.0506. The minimum absolute atomic E-state index is 0.340. The van der Waals surface area contributed by atoms with E-state index in [1.54, 1.807) is 0 Å². The lowest BCUT2D eigenvalue weighted by Gasteiger charge is -2.39. The van der Waals surface area contributed by atoms with E-state index in [1.807, 2.05) is 7.11 Å². The molecule has 1 rings (SSSR count). The van der Waals surface area contributed by atoms with E-state index in [9.17, 15) is 0 Å². The van der Waals surface area contributed by atoms with Gasteiger partial charge in [0.25, 0.3) is 0 Å². The highest BCUT2D eigenvalue weighted by molar-refractivity contribution is 4.87. The summed E-state index contributed by atoms with van der Waals surface area (Å²) in [6.45, 7) is 14.6. The summed E-state index contributed by atoms with van der Waals surface area (Å²) in [6.07, 6.45) is 2.44. The van der Waals surface area contributed by atoms with E-state index in [2.05, 4.69) is 38.3 Å². The molecule has 108 valence electrons. The van der Waals surface area contributed by atoms with Gasteiger partial charge >= 0.3 is 0 Å². The zero-order valence-corrected chi connectivity index (χ0v) is 12.9. The molecule has 0 aromatic rings. The summed E-state index contributed by atoms with van der Waals surface area (Å²) in [7, 11) is 1.82. The summed E-state index contributed by atoms with van der Waals surface area (Å²) in [4.78, 5) is 0. The second-order valence-electron chi connectivity index (χ2n) is 6.93. The van der Waals surface area contributed by atoms with Gasteiger partial charge in [-0.2, -0.15) is 0 Å². The molecule has 0 radical (unpaired) electrons. The van der Waals surface area contributed by atoms with Crippen LogP contribution in [0.1, 0.15) is 40.5 Å². The molecular formula is C15H32N2O. The summed E-state index contributed by atoms with van der Waals surface area (Å²) < 4.78 is 5.45. The fraction of sp³-hybridized carbons (Fsp3) is 1.00. The molecule has 2 N–H and O–H groups in total. The molecule has 0 atom stereocenters. The van der Waals surface area contributed by atoms with E-state index in [0.29, 0.717) is 16.7 Å². The molecule has 1 fully saturated rings. The number of hydrogen-bond acceptors (Lipinski definition) is 3. The maximum atomic E-state index is 5.45. The average Bonchev–Trinajstić information content (AvgIpc) is 2.30. The van der Waals surface area contributed by atoms with Crippen LogP contribution in [0.3, 0.4) is 0 Å². The van der Waals surface area contributed by atoms with Crippen molar-refractivity contribution in [1.82, 2.24) is 10.6 Å². The molecule has 1 heterocycles. The number of piperidine rings is 1. The quantitative estimate of drug-likeness (QED) is 0.733. The summed E-state index contributed by atoms with van der Waals surface area (Å²) in [5.41, 5.74) is 0.703. The Kier molecular flexibility index (Phi) is 6.09. The molecule has 0 saturated carbocycles. The van der Waals surface area contributed by atoms with E-state index >= 15 is 0 Å². The fourth-order valence-electron chi connectivity index (χ4n) is 2.49. The first-order valence-electron chi connectivity index (χ1n) is 7.32. The Hall–Kier alpha value is -0.120. The van der Waals surface area contributed by atoms with Gasteiger partial charge in [-0.1, -0.05) is 27.7 Å². The molecule has 1 saturated heterocycles. The smallest absolute Gasteiger partial charge is 0.0531 e. The molecule has 0 aromatic heterocycles. The van der Waals surface area contributed by atoms with Crippen LogP contribution < -0.4 is 10.6 Å². The summed E-state index contributed by atoms with van der Waals surface area (Å²) in [5.74, 6) is 0.705. The van der Waals surface area contributed by atoms with Gasteiger partial charge in [0.2, 0.25) is 0 Å². The van der Waals surface area contributed by atoms with E-state index in [0.717, 1.165) is 32.8 Å². The normalized spacial score (nSPS) is 20.3. The Bertz CT molecular complexity index is 227. The monoisotopic (exact) mass is 256 g/mol. The van der Waals surface area contributed by atoms with Crippen molar-refractivity contribution in [2.75, 3.05) is 39.9 Å². The first kappa shape index (κ1) is 15.9. The molecule has 18 heavy (non-hydrogen) atoms. The van der Waals surface area contributed by atoms with Crippen LogP contribution in [0.5, 0.6) is 0 Å². The molecule has 0 unspecified atom stereocenters. The summed E-state index contributed by atoms with van der Waals surface area (Å²) >= 11 is 0. The van der Waals surface area contributed by atoms with Crippen LogP contribution in [0.15, 0.2) is 0 Å². The topological polar surface area (TPSA) is 33.3 Å². The van der Waals surface area contributed by atoms with Gasteiger partial charge in [0.1, 0.15) is 0 Å². The van der Waals surface area contributed by atoms with Crippen molar-refractivity contribution < 1.29 is 4.74 Å². The van der Waals surface area contributed by atoms with Crippen LogP contribution >= 0.6 is 0 Å². The molecule has 0 aromatic carbocycles. The molecule has 0 spiro atoms. The van der Waals surface area contributed by atoms with E-state index in [-0.39, 0.29) is 0 Å². The Morgan fingerprint density at radius 3 is 2.39 bits per heavy atom. The largest absolute Gasteiger partial charge is 0.384 e. The van der Waals surface area contributed by atoms with Crippen LogP contribution in [0, 0.1) is 16.7 Å². The van der Waals surface area contributed by atoms with E-state index in [4.69, 9.17) is 4.74 Å². The maximum absolute atomic E-state index is 5.45. The number of ether oxygens (including phenoxy) is 1. The van der Waals surface area contributed by atoms with Crippen LogP contribution in [0.25, 0.3) is 0 Å². The zero-order chi connectivity index (χ0) is 13.6. The first-order valence-corrected chi connectivity index (χ1v) is 7.32. The van der Waals surface area contributed by atoms with Crippen molar-refractivity contribution in [2.45, 2.75) is 40.5 Å². The van der Waals surface area contributed by atoms with E-state index in [1.165, 1.54) is 12.8 Å². The summed E-state index contributed by atoms with van der Waals surface area (Å²) in [5, 5.41) is 7.13. The molecule has 1 aliphatic rings. The lowest BCUT2D eigenvalue weighted by atomic mass is 9.78. The third-order valence-electron chi connectivity index (χ3n) is 4.76. The van der Waals surface area contributed by atoms with Crippen LogP contribution in [0.4, 0.5) is 0 Å². The Morgan fingerprint density at radius 1 is 1.28 bits per heavy atom. The Morgan fingerprint density at radius 2 is 1.89 bits per heavy atom. The van der Waals surface area contributed by atoms with Crippen molar-refractivity contribution in [3.8, 4) is 0 Å². The molecule has 0 amide bonds. The summed E-state index contributed by atoms with van der Waals surface area (Å²) in [6, 6.07) is 0. The third-order valence-corrected chi connectivity index (χ3v) is 4.76. The van der Waals surface area contributed by atoms with Gasteiger partial charge in [-0.25, -0.2) is 0 Å². The van der Waals surface area contributed by atoms with Crippen molar-refractivity contribution in [3.05, 3.63) is 0 Å². The molecule has 3 heteroatoms. The van der Waals surface area contributed by atoms with Crippen molar-refractivity contribution in [1.29, 1.82) is 0 Å². The van der Waals surface area contributed by atoms with Gasteiger partial charge in [0.05, 0.1) is 6.61 Å². The third kappa shape index (κ3) is 4.52. The SMILES string of the molecule is COCC1(CNCC(C)(C)C(C)C)CCNCC1. The lowest BCUT2D eigenvalue weighted by Crippen LogP contribution is -2.47. The van der Waals surface area contributed by atoms with Gasteiger partial charge in [0.15, 0.2) is 0 Å².